The molecule has 0 aliphatic heterocycles. The summed E-state index contributed by atoms with van der Waals surface area (Å²) in [7, 11) is -3.88. The lowest BCUT2D eigenvalue weighted by Crippen LogP contribution is -2.30. The van der Waals surface area contributed by atoms with E-state index in [4.69, 9.17) is 11.6 Å². The molecule has 0 spiro atoms. The maximum Gasteiger partial charge on any atom is 0.295 e. The second kappa shape index (κ2) is 9.81. The first-order valence-corrected chi connectivity index (χ1v) is 10.9. The molecule has 0 amide bonds. The SMILES string of the molecule is CCN(CC)S(=O)(=O)c1ccc(NN=C(C)c2ccc(Cl)c([N+](=O)[O-])c2)c([N+](=O)[O-])c1. The van der Waals surface area contributed by atoms with Crippen LogP contribution in [0, 0.1) is 20.2 Å². The number of hydrogen-bond donors (Lipinski definition) is 1. The van der Waals surface area contributed by atoms with E-state index in [2.05, 4.69) is 10.5 Å². The largest absolute Gasteiger partial charge is 0.295 e. The molecule has 1 N–H and O–H groups in total. The van der Waals surface area contributed by atoms with Gasteiger partial charge in [0.05, 0.1) is 20.5 Å². The third-order valence-electron chi connectivity index (χ3n) is 4.41. The van der Waals surface area contributed by atoms with E-state index in [-0.39, 0.29) is 34.4 Å². The highest BCUT2D eigenvalue weighted by Crippen LogP contribution is 2.29. The van der Waals surface area contributed by atoms with Gasteiger partial charge >= 0.3 is 0 Å². The Morgan fingerprint density at radius 2 is 1.68 bits per heavy atom. The Bertz CT molecular complexity index is 1150. The Morgan fingerprint density at radius 1 is 1.06 bits per heavy atom. The van der Waals surface area contributed by atoms with Crippen molar-refractivity contribution in [2.75, 3.05) is 18.5 Å². The molecule has 2 aromatic rings. The Balaban J connectivity index is 2.41. The third-order valence-corrected chi connectivity index (χ3v) is 6.78. The molecule has 166 valence electrons. The van der Waals surface area contributed by atoms with Gasteiger partial charge in [0.2, 0.25) is 10.0 Å². The highest BCUT2D eigenvalue weighted by molar-refractivity contribution is 7.89. The van der Waals surface area contributed by atoms with Crippen molar-refractivity contribution in [3.05, 3.63) is 67.2 Å². The minimum absolute atomic E-state index is 0.0323. The van der Waals surface area contributed by atoms with Gasteiger partial charge in [0.15, 0.2) is 0 Å². The summed E-state index contributed by atoms with van der Waals surface area (Å²) in [5, 5.41) is 26.5. The molecule has 0 heterocycles. The van der Waals surface area contributed by atoms with Crippen LogP contribution in [0.1, 0.15) is 26.3 Å². The first kappa shape index (κ1) is 24.2. The fraction of sp³-hybridized carbons (Fsp3) is 0.278. The predicted octanol–water partition coefficient (Wildman–Crippen LogP) is 4.02. The zero-order valence-corrected chi connectivity index (χ0v) is 18.5. The van der Waals surface area contributed by atoms with Crippen molar-refractivity contribution < 1.29 is 18.3 Å². The van der Waals surface area contributed by atoms with E-state index in [0.29, 0.717) is 11.3 Å². The highest BCUT2D eigenvalue weighted by atomic mass is 35.5. The van der Waals surface area contributed by atoms with E-state index in [1.807, 2.05) is 0 Å². The van der Waals surface area contributed by atoms with Crippen molar-refractivity contribution in [1.29, 1.82) is 0 Å². The summed E-state index contributed by atoms with van der Waals surface area (Å²) in [5.41, 5.74) is 2.39. The fourth-order valence-corrected chi connectivity index (χ4v) is 4.38. The number of sulfonamides is 1. The van der Waals surface area contributed by atoms with Crippen LogP contribution < -0.4 is 5.43 Å². The van der Waals surface area contributed by atoms with Gasteiger partial charge in [0.25, 0.3) is 11.4 Å². The Kier molecular flexibility index (Phi) is 7.65. The molecule has 31 heavy (non-hydrogen) atoms. The van der Waals surface area contributed by atoms with Crippen LogP contribution >= 0.6 is 11.6 Å². The van der Waals surface area contributed by atoms with Crippen molar-refractivity contribution in [3.63, 3.8) is 0 Å². The summed E-state index contributed by atoms with van der Waals surface area (Å²) in [6.07, 6.45) is 0. The molecule has 0 aliphatic rings. The van der Waals surface area contributed by atoms with Gasteiger partial charge in [-0.3, -0.25) is 25.7 Å². The molecule has 13 heteroatoms. The van der Waals surface area contributed by atoms with E-state index < -0.39 is 25.6 Å². The maximum absolute atomic E-state index is 12.6. The first-order valence-electron chi connectivity index (χ1n) is 9.06. The van der Waals surface area contributed by atoms with Gasteiger partial charge in [0.1, 0.15) is 10.7 Å². The van der Waals surface area contributed by atoms with Gasteiger partial charge in [-0.25, -0.2) is 8.42 Å². The van der Waals surface area contributed by atoms with Gasteiger partial charge in [-0.1, -0.05) is 31.5 Å². The van der Waals surface area contributed by atoms with Crippen LogP contribution in [0.3, 0.4) is 0 Å². The Labute approximate surface area is 183 Å². The Morgan fingerprint density at radius 3 is 2.23 bits per heavy atom. The molecular formula is C18H20ClN5O6S. The van der Waals surface area contributed by atoms with Crippen molar-refractivity contribution in [2.45, 2.75) is 25.7 Å². The lowest BCUT2D eigenvalue weighted by molar-refractivity contribution is -0.384. The lowest BCUT2D eigenvalue weighted by Gasteiger charge is -2.18. The highest BCUT2D eigenvalue weighted by Gasteiger charge is 2.25. The molecule has 0 atom stereocenters. The van der Waals surface area contributed by atoms with Crippen molar-refractivity contribution >= 4 is 44.4 Å². The van der Waals surface area contributed by atoms with Crippen LogP contribution in [-0.2, 0) is 10.0 Å². The molecule has 0 aromatic heterocycles. The van der Waals surface area contributed by atoms with E-state index >= 15 is 0 Å². The van der Waals surface area contributed by atoms with Gasteiger partial charge in [-0.2, -0.15) is 9.41 Å². The second-order valence-corrected chi connectivity index (χ2v) is 8.60. The molecule has 0 saturated heterocycles. The van der Waals surface area contributed by atoms with Gasteiger partial charge in [-0.15, -0.1) is 0 Å². The summed E-state index contributed by atoms with van der Waals surface area (Å²) in [6.45, 7) is 5.34. The number of nitro groups is 2. The van der Waals surface area contributed by atoms with Crippen LogP contribution in [0.2, 0.25) is 5.02 Å². The summed E-state index contributed by atoms with van der Waals surface area (Å²) in [4.78, 5) is 21.0. The normalized spacial score (nSPS) is 12.1. The lowest BCUT2D eigenvalue weighted by atomic mass is 10.1. The van der Waals surface area contributed by atoms with Gasteiger partial charge in [-0.05, 0) is 25.1 Å². The number of nitrogens with one attached hydrogen (secondary N) is 1. The van der Waals surface area contributed by atoms with E-state index in [1.165, 1.54) is 34.6 Å². The number of anilines is 1. The van der Waals surface area contributed by atoms with Crippen LogP contribution in [0.5, 0.6) is 0 Å². The minimum atomic E-state index is -3.88. The topological polar surface area (TPSA) is 148 Å². The van der Waals surface area contributed by atoms with Gasteiger partial charge < -0.3 is 0 Å². The van der Waals surface area contributed by atoms with E-state index in [9.17, 15) is 28.6 Å². The standard InChI is InChI=1S/C18H20ClN5O6S/c1-4-22(5-2)31(29,30)14-7-9-16(18(11-14)24(27)28)21-20-12(3)13-6-8-15(19)17(10-13)23(25)26/h6-11,21H,4-5H2,1-3H3. The van der Waals surface area contributed by atoms with Crippen molar-refractivity contribution in [2.24, 2.45) is 5.10 Å². The fourth-order valence-electron chi connectivity index (χ4n) is 2.72. The number of nitro benzene ring substituents is 2. The van der Waals surface area contributed by atoms with Crippen LogP contribution in [0.4, 0.5) is 17.1 Å². The van der Waals surface area contributed by atoms with E-state index in [1.54, 1.807) is 20.8 Å². The first-order chi connectivity index (χ1) is 14.5. The number of benzene rings is 2. The molecule has 0 saturated carbocycles. The summed E-state index contributed by atoms with van der Waals surface area (Å²) >= 11 is 5.79. The van der Waals surface area contributed by atoms with Crippen molar-refractivity contribution in [3.8, 4) is 0 Å². The number of rotatable bonds is 9. The van der Waals surface area contributed by atoms with Crippen molar-refractivity contribution in [1.82, 2.24) is 4.31 Å². The molecule has 2 aromatic carbocycles. The van der Waals surface area contributed by atoms with Crippen LogP contribution in [0.25, 0.3) is 0 Å². The number of halogens is 1. The monoisotopic (exact) mass is 469 g/mol. The molecule has 0 radical (unpaired) electrons. The summed E-state index contributed by atoms with van der Waals surface area (Å²) < 4.78 is 26.5. The number of hydrogen-bond acceptors (Lipinski definition) is 8. The zero-order valence-electron chi connectivity index (χ0n) is 16.9. The number of hydrazone groups is 1. The molecule has 2 rings (SSSR count). The summed E-state index contributed by atoms with van der Waals surface area (Å²) in [6, 6.07) is 7.56. The molecule has 0 bridgehead atoms. The second-order valence-electron chi connectivity index (χ2n) is 6.26. The molecule has 0 fully saturated rings. The van der Waals surface area contributed by atoms with Gasteiger partial charge in [0, 0.05) is 30.8 Å². The predicted molar refractivity (Wildman–Crippen MR) is 117 cm³/mol. The molecule has 0 aliphatic carbocycles. The molecule has 0 unspecified atom stereocenters. The van der Waals surface area contributed by atoms with Crippen LogP contribution in [0.15, 0.2) is 46.4 Å². The Hall–Kier alpha value is -3.09. The maximum atomic E-state index is 12.6. The summed E-state index contributed by atoms with van der Waals surface area (Å²) in [5.74, 6) is 0. The molecular weight excluding hydrogens is 450 g/mol. The average Bonchev–Trinajstić information content (AvgIpc) is 2.72. The number of nitrogens with zero attached hydrogens (tertiary/aromatic N) is 4. The minimum Gasteiger partial charge on any atom is -0.271 e. The third kappa shape index (κ3) is 5.34. The average molecular weight is 470 g/mol. The molecule has 11 nitrogen and oxygen atoms in total. The zero-order chi connectivity index (χ0) is 23.3. The van der Waals surface area contributed by atoms with E-state index in [0.717, 1.165) is 6.07 Å². The quantitative estimate of drug-likeness (QED) is 0.331. The van der Waals surface area contributed by atoms with Crippen LogP contribution in [-0.4, -0.2) is 41.4 Å². The smallest absolute Gasteiger partial charge is 0.271 e.